The highest BCUT2D eigenvalue weighted by Gasteiger charge is 2.65. The number of ether oxygens (including phenoxy) is 2. The fourth-order valence-electron chi connectivity index (χ4n) is 6.24. The van der Waals surface area contributed by atoms with Crippen LogP contribution in [0, 0.1) is 41.4 Å². The molecule has 0 radical (unpaired) electrons. The largest absolute Gasteiger partial charge is 0.469 e. The van der Waals surface area contributed by atoms with Crippen LogP contribution in [0.2, 0.25) is 0 Å². The van der Waals surface area contributed by atoms with Gasteiger partial charge >= 0.3 is 5.97 Å². The Morgan fingerprint density at radius 1 is 0.944 bits per heavy atom. The maximum atomic E-state index is 11.9. The Kier molecular flexibility index (Phi) is 2.33. The highest BCUT2D eigenvalue weighted by Crippen LogP contribution is 2.69. The van der Waals surface area contributed by atoms with Gasteiger partial charge in [-0.25, -0.2) is 0 Å². The Morgan fingerprint density at radius 3 is 2.39 bits per heavy atom. The third-order valence-electron chi connectivity index (χ3n) is 6.56. The van der Waals surface area contributed by atoms with E-state index in [2.05, 4.69) is 0 Å². The van der Waals surface area contributed by atoms with Crippen molar-refractivity contribution in [3.8, 4) is 0 Å². The summed E-state index contributed by atoms with van der Waals surface area (Å²) in [6.45, 7) is 0. The lowest BCUT2D eigenvalue weighted by molar-refractivity contribution is -0.149. The van der Waals surface area contributed by atoms with Crippen molar-refractivity contribution in [2.45, 2.75) is 31.8 Å². The molecule has 0 aliphatic heterocycles. The molecule has 0 aromatic carbocycles. The van der Waals surface area contributed by atoms with Crippen LogP contribution in [0.5, 0.6) is 0 Å². The molecule has 0 aromatic rings. The molecule has 4 fully saturated rings. The molecule has 3 nitrogen and oxygen atoms in total. The molecule has 0 N–H and O–H groups in total. The van der Waals surface area contributed by atoms with E-state index in [-0.39, 0.29) is 11.9 Å². The molecular weight excluding hydrogens is 228 g/mol. The third kappa shape index (κ3) is 1.21. The summed E-state index contributed by atoms with van der Waals surface area (Å²) in [5.74, 6) is 4.92. The van der Waals surface area contributed by atoms with Crippen molar-refractivity contribution in [3.05, 3.63) is 0 Å². The number of carbonyl (C=O) groups excluding carboxylic acids is 1. The van der Waals surface area contributed by atoms with Gasteiger partial charge in [0.15, 0.2) is 0 Å². The Hall–Kier alpha value is -0.570. The third-order valence-corrected chi connectivity index (χ3v) is 6.56. The topological polar surface area (TPSA) is 35.5 Å². The van der Waals surface area contributed by atoms with E-state index in [0.29, 0.717) is 12.0 Å². The number of methoxy groups -OCH3 is 2. The predicted octanol–water partition coefficient (Wildman–Crippen LogP) is 2.10. The smallest absolute Gasteiger partial charge is 0.308 e. The minimum Gasteiger partial charge on any atom is -0.469 e. The summed E-state index contributed by atoms with van der Waals surface area (Å²) in [6, 6.07) is 0. The Morgan fingerprint density at radius 2 is 1.67 bits per heavy atom. The standard InChI is InChI=1S/C15H22O3/c1-17-12-6-8-5-11(12)14-9-3-7(13(8)14)4-10(9)15(16)18-2/h7-14H,3-6H2,1-2H3. The first kappa shape index (κ1) is 11.3. The zero-order valence-corrected chi connectivity index (χ0v) is 11.2. The molecule has 0 saturated heterocycles. The number of carbonyl (C=O) groups is 1. The fourth-order valence-corrected chi connectivity index (χ4v) is 6.24. The lowest BCUT2D eigenvalue weighted by atomic mass is 9.67. The summed E-state index contributed by atoms with van der Waals surface area (Å²) in [4.78, 5) is 11.9. The van der Waals surface area contributed by atoms with E-state index in [1.165, 1.54) is 26.4 Å². The zero-order valence-electron chi connectivity index (χ0n) is 11.2. The van der Waals surface area contributed by atoms with Crippen LogP contribution in [-0.4, -0.2) is 26.3 Å². The van der Waals surface area contributed by atoms with Crippen LogP contribution in [0.15, 0.2) is 0 Å². The molecule has 8 unspecified atom stereocenters. The van der Waals surface area contributed by atoms with Crippen LogP contribution in [0.25, 0.3) is 0 Å². The molecule has 0 amide bonds. The molecule has 3 heteroatoms. The van der Waals surface area contributed by atoms with Crippen molar-refractivity contribution >= 4 is 5.97 Å². The second-order valence-corrected chi connectivity index (χ2v) is 6.85. The van der Waals surface area contributed by atoms with Crippen LogP contribution in [0.3, 0.4) is 0 Å². The van der Waals surface area contributed by atoms with Gasteiger partial charge in [0.1, 0.15) is 0 Å². The molecule has 8 atom stereocenters. The number of rotatable bonds is 2. The minimum absolute atomic E-state index is 0.0395. The second kappa shape index (κ2) is 3.72. The lowest BCUT2D eigenvalue weighted by Crippen LogP contribution is -2.40. The predicted molar refractivity (Wildman–Crippen MR) is 65.7 cm³/mol. The van der Waals surface area contributed by atoms with Crippen LogP contribution in [0.4, 0.5) is 0 Å². The van der Waals surface area contributed by atoms with Gasteiger partial charge in [0, 0.05) is 7.11 Å². The summed E-state index contributed by atoms with van der Waals surface area (Å²) >= 11 is 0. The van der Waals surface area contributed by atoms with Crippen molar-refractivity contribution in [1.29, 1.82) is 0 Å². The van der Waals surface area contributed by atoms with Gasteiger partial charge in [0.25, 0.3) is 0 Å². The first-order chi connectivity index (χ1) is 8.74. The Bertz CT molecular complexity index is 380. The van der Waals surface area contributed by atoms with Gasteiger partial charge in [0.2, 0.25) is 0 Å². The number of fused-ring (bicyclic) bond motifs is 9. The van der Waals surface area contributed by atoms with Gasteiger partial charge in [0.05, 0.1) is 19.1 Å². The average molecular weight is 250 g/mol. The minimum atomic E-state index is 0.0395. The van der Waals surface area contributed by atoms with Crippen molar-refractivity contribution in [3.63, 3.8) is 0 Å². The summed E-state index contributed by atoms with van der Waals surface area (Å²) in [7, 11) is 3.38. The quantitative estimate of drug-likeness (QED) is 0.556. The SMILES string of the molecule is COC(=O)C1CC2CC1C1C3CC(CC3OC)C21. The van der Waals surface area contributed by atoms with Crippen molar-refractivity contribution in [2.75, 3.05) is 14.2 Å². The molecule has 100 valence electrons. The Balaban J connectivity index is 1.61. The summed E-state index contributed by atoms with van der Waals surface area (Å²) in [5, 5.41) is 0. The van der Waals surface area contributed by atoms with Crippen molar-refractivity contribution < 1.29 is 14.3 Å². The number of esters is 1. The van der Waals surface area contributed by atoms with E-state index < -0.39 is 0 Å². The number of hydrogen-bond donors (Lipinski definition) is 0. The summed E-state index contributed by atoms with van der Waals surface area (Å²) < 4.78 is 10.7. The number of hydrogen-bond acceptors (Lipinski definition) is 3. The van der Waals surface area contributed by atoms with Gasteiger partial charge in [-0.3, -0.25) is 4.79 Å². The summed E-state index contributed by atoms with van der Waals surface area (Å²) in [6.07, 6.45) is 5.47. The maximum Gasteiger partial charge on any atom is 0.308 e. The van der Waals surface area contributed by atoms with Crippen molar-refractivity contribution in [1.82, 2.24) is 0 Å². The molecule has 4 aliphatic carbocycles. The normalized spacial score (nSPS) is 55.9. The van der Waals surface area contributed by atoms with Crippen LogP contribution < -0.4 is 0 Å². The molecule has 0 aromatic heterocycles. The van der Waals surface area contributed by atoms with Crippen molar-refractivity contribution in [2.24, 2.45) is 41.4 Å². The first-order valence-corrected chi connectivity index (χ1v) is 7.35. The zero-order chi connectivity index (χ0) is 12.4. The molecule has 4 rings (SSSR count). The van der Waals surface area contributed by atoms with Crippen LogP contribution in [-0.2, 0) is 14.3 Å². The monoisotopic (exact) mass is 250 g/mol. The van der Waals surface area contributed by atoms with Gasteiger partial charge < -0.3 is 9.47 Å². The summed E-state index contributed by atoms with van der Waals surface area (Å²) in [5.41, 5.74) is 0. The van der Waals surface area contributed by atoms with Gasteiger partial charge in [-0.2, -0.15) is 0 Å². The molecule has 18 heavy (non-hydrogen) atoms. The van der Waals surface area contributed by atoms with Gasteiger partial charge in [-0.05, 0) is 61.2 Å². The molecule has 4 bridgehead atoms. The van der Waals surface area contributed by atoms with Crippen LogP contribution in [0.1, 0.15) is 25.7 Å². The Labute approximate surface area is 108 Å². The molecule has 4 saturated carbocycles. The first-order valence-electron chi connectivity index (χ1n) is 7.35. The van der Waals surface area contributed by atoms with E-state index in [1.807, 2.05) is 7.11 Å². The maximum absolute atomic E-state index is 11.9. The molecule has 0 heterocycles. The average Bonchev–Trinajstić information content (AvgIpc) is 3.12. The van der Waals surface area contributed by atoms with E-state index in [1.54, 1.807) is 0 Å². The van der Waals surface area contributed by atoms with Crippen LogP contribution >= 0.6 is 0 Å². The van der Waals surface area contributed by atoms with E-state index >= 15 is 0 Å². The van der Waals surface area contributed by atoms with Gasteiger partial charge in [-0.15, -0.1) is 0 Å². The highest BCUT2D eigenvalue weighted by atomic mass is 16.5. The van der Waals surface area contributed by atoms with Gasteiger partial charge in [-0.1, -0.05) is 0 Å². The lowest BCUT2D eigenvalue weighted by Gasteiger charge is -2.40. The van der Waals surface area contributed by atoms with E-state index in [4.69, 9.17) is 9.47 Å². The van der Waals surface area contributed by atoms with E-state index in [0.717, 1.165) is 36.0 Å². The molecule has 0 spiro atoms. The fraction of sp³-hybridized carbons (Fsp3) is 0.933. The molecule has 4 aliphatic rings. The van der Waals surface area contributed by atoms with E-state index in [9.17, 15) is 4.79 Å². The molecular formula is C15H22O3. The second-order valence-electron chi connectivity index (χ2n) is 6.85. The highest BCUT2D eigenvalue weighted by molar-refractivity contribution is 5.73.